The molecule has 0 spiro atoms. The van der Waals surface area contributed by atoms with Gasteiger partial charge in [0.15, 0.2) is 0 Å². The molecule has 1 aliphatic rings. The quantitative estimate of drug-likeness (QED) is 0.719. The molecule has 1 saturated heterocycles. The first-order chi connectivity index (χ1) is 13.0. The van der Waals surface area contributed by atoms with E-state index in [9.17, 15) is 14.0 Å². The van der Waals surface area contributed by atoms with Crippen LogP contribution in [-0.2, 0) is 9.53 Å². The van der Waals surface area contributed by atoms with Crippen molar-refractivity contribution in [2.75, 3.05) is 26.7 Å². The molecule has 5 nitrogen and oxygen atoms in total. The maximum absolute atomic E-state index is 13.0. The molecule has 2 rings (SSSR count). The molecule has 0 aliphatic carbocycles. The summed E-state index contributed by atoms with van der Waals surface area (Å²) in [6, 6.07) is 6.13. The molecule has 0 aromatic heterocycles. The van der Waals surface area contributed by atoms with Gasteiger partial charge in [0, 0.05) is 32.8 Å². The third-order valence-corrected chi connectivity index (χ3v) is 4.80. The van der Waals surface area contributed by atoms with Gasteiger partial charge in [0.2, 0.25) is 5.91 Å². The molecule has 2 amide bonds. The predicted octanol–water partition coefficient (Wildman–Crippen LogP) is 4.33. The number of halogens is 1. The highest BCUT2D eigenvalue weighted by Crippen LogP contribution is 2.21. The summed E-state index contributed by atoms with van der Waals surface area (Å²) in [5.74, 6) is 0.0332. The van der Waals surface area contributed by atoms with Gasteiger partial charge in [-0.1, -0.05) is 12.1 Å². The smallest absolute Gasteiger partial charge is 0.410 e. The third kappa shape index (κ3) is 6.66. The zero-order valence-corrected chi connectivity index (χ0v) is 17.5. The summed E-state index contributed by atoms with van der Waals surface area (Å²) in [4.78, 5) is 28.1. The number of carbonyl (C=O) groups excluding carboxylic acids is 2. The fourth-order valence-corrected chi connectivity index (χ4v) is 3.21. The minimum Gasteiger partial charge on any atom is -0.444 e. The summed E-state index contributed by atoms with van der Waals surface area (Å²) in [5.41, 5.74) is 1.15. The average molecular weight is 390 g/mol. The van der Waals surface area contributed by atoms with Crippen LogP contribution in [-0.4, -0.2) is 54.1 Å². The molecule has 0 N–H and O–H groups in total. The van der Waals surface area contributed by atoms with Crippen LogP contribution in [0.5, 0.6) is 0 Å². The second-order valence-corrected chi connectivity index (χ2v) is 8.46. The lowest BCUT2D eigenvalue weighted by atomic mass is 9.96. The molecule has 0 bridgehead atoms. The Hall–Kier alpha value is -2.37. The normalized spacial score (nSPS) is 16.1. The number of rotatable bonds is 4. The van der Waals surface area contributed by atoms with Crippen LogP contribution in [0.1, 0.15) is 46.1 Å². The highest BCUT2D eigenvalue weighted by molar-refractivity contribution is 5.94. The van der Waals surface area contributed by atoms with Gasteiger partial charge < -0.3 is 14.5 Å². The van der Waals surface area contributed by atoms with Gasteiger partial charge in [0.05, 0.1) is 0 Å². The van der Waals surface area contributed by atoms with Gasteiger partial charge in [-0.3, -0.25) is 4.79 Å². The van der Waals surface area contributed by atoms with Crippen molar-refractivity contribution in [1.29, 1.82) is 0 Å². The average Bonchev–Trinajstić information content (AvgIpc) is 2.61. The van der Waals surface area contributed by atoms with Gasteiger partial charge in [-0.15, -0.1) is 0 Å². The molecule has 6 heteroatoms. The number of amides is 2. The Morgan fingerprint density at radius 1 is 1.21 bits per heavy atom. The molecule has 0 atom stereocenters. The maximum Gasteiger partial charge on any atom is 0.410 e. The standard InChI is InChI=1S/C22H31FN2O3/c1-16(18-6-8-19(23)9-7-18)14-20(26)25-12-10-17(11-13-25)15-24(5)21(27)28-22(2,3)4/h6-9,14,17H,10-13,15H2,1-5H3/b16-14-. The number of ether oxygens (including phenoxy) is 1. The summed E-state index contributed by atoms with van der Waals surface area (Å²) >= 11 is 0. The Morgan fingerprint density at radius 2 is 1.79 bits per heavy atom. The van der Waals surface area contributed by atoms with Gasteiger partial charge in [0.25, 0.3) is 0 Å². The van der Waals surface area contributed by atoms with E-state index in [4.69, 9.17) is 4.74 Å². The van der Waals surface area contributed by atoms with Gasteiger partial charge in [-0.2, -0.15) is 0 Å². The van der Waals surface area contributed by atoms with E-state index in [1.807, 2.05) is 32.6 Å². The van der Waals surface area contributed by atoms with Crippen LogP contribution >= 0.6 is 0 Å². The van der Waals surface area contributed by atoms with E-state index in [2.05, 4.69) is 0 Å². The topological polar surface area (TPSA) is 49.9 Å². The SMILES string of the molecule is C/C(=C/C(=O)N1CCC(CN(C)C(=O)OC(C)(C)C)CC1)c1ccc(F)cc1. The Bertz CT molecular complexity index is 714. The van der Waals surface area contributed by atoms with Crippen molar-refractivity contribution < 1.29 is 18.7 Å². The molecule has 1 aromatic carbocycles. The Kier molecular flexibility index (Phi) is 7.22. The Labute approximate surface area is 167 Å². The summed E-state index contributed by atoms with van der Waals surface area (Å²) in [5, 5.41) is 0. The van der Waals surface area contributed by atoms with E-state index in [1.54, 1.807) is 30.2 Å². The number of nitrogens with zero attached hydrogens (tertiary/aromatic N) is 2. The highest BCUT2D eigenvalue weighted by Gasteiger charge is 2.26. The Balaban J connectivity index is 1.84. The van der Waals surface area contributed by atoms with Crippen LogP contribution in [0.25, 0.3) is 5.57 Å². The minimum atomic E-state index is -0.504. The number of hydrogen-bond donors (Lipinski definition) is 0. The molecule has 28 heavy (non-hydrogen) atoms. The van der Waals surface area contributed by atoms with Crippen molar-refractivity contribution >= 4 is 17.6 Å². The predicted molar refractivity (Wildman–Crippen MR) is 108 cm³/mol. The number of allylic oxidation sites excluding steroid dienone is 1. The Morgan fingerprint density at radius 3 is 2.32 bits per heavy atom. The van der Waals surface area contributed by atoms with E-state index < -0.39 is 5.60 Å². The number of benzene rings is 1. The van der Waals surface area contributed by atoms with Crippen LogP contribution < -0.4 is 0 Å². The lowest BCUT2D eigenvalue weighted by molar-refractivity contribution is -0.127. The maximum atomic E-state index is 13.0. The van der Waals surface area contributed by atoms with Crippen LogP contribution in [0.3, 0.4) is 0 Å². The number of hydrogen-bond acceptors (Lipinski definition) is 3. The van der Waals surface area contributed by atoms with Crippen LogP contribution in [0.2, 0.25) is 0 Å². The second-order valence-electron chi connectivity index (χ2n) is 8.46. The van der Waals surface area contributed by atoms with Crippen molar-refractivity contribution in [3.8, 4) is 0 Å². The fraction of sp³-hybridized carbons (Fsp3) is 0.545. The number of likely N-dealkylation sites (tertiary alicyclic amines) is 1. The van der Waals surface area contributed by atoms with Crippen molar-refractivity contribution in [1.82, 2.24) is 9.80 Å². The molecule has 154 valence electrons. The second kappa shape index (κ2) is 9.22. The van der Waals surface area contributed by atoms with E-state index in [0.29, 0.717) is 25.6 Å². The van der Waals surface area contributed by atoms with Gasteiger partial charge in [0.1, 0.15) is 11.4 Å². The summed E-state index contributed by atoms with van der Waals surface area (Å²) in [7, 11) is 1.75. The van der Waals surface area contributed by atoms with Crippen molar-refractivity contribution in [3.05, 3.63) is 41.7 Å². The highest BCUT2D eigenvalue weighted by atomic mass is 19.1. The summed E-state index contributed by atoms with van der Waals surface area (Å²) in [6.45, 7) is 9.37. The monoisotopic (exact) mass is 390 g/mol. The first kappa shape index (κ1) is 21.9. The zero-order valence-electron chi connectivity index (χ0n) is 17.5. The van der Waals surface area contributed by atoms with Crippen LogP contribution in [0, 0.1) is 11.7 Å². The van der Waals surface area contributed by atoms with Crippen molar-refractivity contribution in [3.63, 3.8) is 0 Å². The summed E-state index contributed by atoms with van der Waals surface area (Å²) in [6.07, 6.45) is 2.99. The van der Waals surface area contributed by atoms with E-state index in [0.717, 1.165) is 24.0 Å². The summed E-state index contributed by atoms with van der Waals surface area (Å²) < 4.78 is 18.4. The largest absolute Gasteiger partial charge is 0.444 e. The molecule has 0 saturated carbocycles. The van der Waals surface area contributed by atoms with Crippen LogP contribution in [0.4, 0.5) is 9.18 Å². The lowest BCUT2D eigenvalue weighted by Gasteiger charge is -2.34. The molecule has 1 heterocycles. The van der Waals surface area contributed by atoms with E-state index >= 15 is 0 Å². The minimum absolute atomic E-state index is 0.0271. The third-order valence-electron chi connectivity index (χ3n) is 4.80. The van der Waals surface area contributed by atoms with Crippen molar-refractivity contribution in [2.45, 2.75) is 46.1 Å². The molecule has 0 unspecified atom stereocenters. The fourth-order valence-electron chi connectivity index (χ4n) is 3.21. The van der Waals surface area contributed by atoms with Crippen LogP contribution in [0.15, 0.2) is 30.3 Å². The molecule has 1 aromatic rings. The molecule has 1 aliphatic heterocycles. The van der Waals surface area contributed by atoms with Gasteiger partial charge >= 0.3 is 6.09 Å². The first-order valence-electron chi connectivity index (χ1n) is 9.72. The van der Waals surface area contributed by atoms with E-state index in [1.165, 1.54) is 12.1 Å². The zero-order chi connectivity index (χ0) is 20.9. The lowest BCUT2D eigenvalue weighted by Crippen LogP contribution is -2.42. The molecule has 0 radical (unpaired) electrons. The molecular weight excluding hydrogens is 359 g/mol. The van der Waals surface area contributed by atoms with E-state index in [-0.39, 0.29) is 17.8 Å². The molecular formula is C22H31FN2O3. The number of piperidine rings is 1. The first-order valence-corrected chi connectivity index (χ1v) is 9.72. The number of carbonyl (C=O) groups is 2. The van der Waals surface area contributed by atoms with Crippen molar-refractivity contribution in [2.24, 2.45) is 5.92 Å². The molecule has 1 fully saturated rings. The van der Waals surface area contributed by atoms with Gasteiger partial charge in [-0.25, -0.2) is 9.18 Å². The van der Waals surface area contributed by atoms with Gasteiger partial charge in [-0.05, 0) is 69.7 Å².